The zero-order valence-corrected chi connectivity index (χ0v) is 20.3. The van der Waals surface area contributed by atoms with Gasteiger partial charge in [0, 0.05) is 40.6 Å². The third-order valence-corrected chi connectivity index (χ3v) is 7.09. The van der Waals surface area contributed by atoms with E-state index in [9.17, 15) is 9.59 Å². The molecule has 0 radical (unpaired) electrons. The van der Waals surface area contributed by atoms with Gasteiger partial charge in [0.15, 0.2) is 0 Å². The monoisotopic (exact) mass is 479 g/mol. The first kappa shape index (κ1) is 23.0. The molecule has 2 aromatic heterocycles. The smallest absolute Gasteiger partial charge is 0.251 e. The Hall–Kier alpha value is -3.17. The Morgan fingerprint density at radius 3 is 2.64 bits per heavy atom. The van der Waals surface area contributed by atoms with Crippen LogP contribution in [0.1, 0.15) is 26.5 Å². The second kappa shape index (κ2) is 10.2. The molecule has 4 aromatic rings. The summed E-state index contributed by atoms with van der Waals surface area (Å²) in [6, 6.07) is 13.8. The minimum Gasteiger partial charge on any atom is -0.350 e. The lowest BCUT2D eigenvalue weighted by atomic mass is 10.1. The molecule has 0 spiro atoms. The fourth-order valence-electron chi connectivity index (χ4n) is 3.43. The van der Waals surface area contributed by atoms with Gasteiger partial charge in [0.05, 0.1) is 5.75 Å². The van der Waals surface area contributed by atoms with E-state index in [2.05, 4.69) is 31.5 Å². The molecule has 33 heavy (non-hydrogen) atoms. The highest BCUT2D eigenvalue weighted by Crippen LogP contribution is 2.30. The summed E-state index contributed by atoms with van der Waals surface area (Å²) in [5.41, 5.74) is 4.01. The van der Waals surface area contributed by atoms with E-state index in [1.54, 1.807) is 0 Å². The van der Waals surface area contributed by atoms with Crippen LogP contribution in [0, 0.1) is 20.8 Å². The molecule has 2 heterocycles. The lowest BCUT2D eigenvalue weighted by Crippen LogP contribution is -2.27. The van der Waals surface area contributed by atoms with Crippen LogP contribution in [0.4, 0.5) is 5.13 Å². The minimum atomic E-state index is -0.117. The number of thioether (sulfide) groups is 1. The Bertz CT molecular complexity index is 1310. The first-order valence-electron chi connectivity index (χ1n) is 10.6. The van der Waals surface area contributed by atoms with Gasteiger partial charge >= 0.3 is 0 Å². The van der Waals surface area contributed by atoms with Gasteiger partial charge in [-0.1, -0.05) is 35.6 Å². The van der Waals surface area contributed by atoms with Crippen LogP contribution in [0.2, 0.25) is 0 Å². The Morgan fingerprint density at radius 1 is 1.06 bits per heavy atom. The molecule has 0 aliphatic heterocycles. The van der Waals surface area contributed by atoms with Gasteiger partial charge in [-0.05, 0) is 50.1 Å². The van der Waals surface area contributed by atoms with Gasteiger partial charge in [-0.3, -0.25) is 14.9 Å². The zero-order chi connectivity index (χ0) is 23.4. The van der Waals surface area contributed by atoms with E-state index in [4.69, 9.17) is 0 Å². The van der Waals surface area contributed by atoms with Gasteiger partial charge < -0.3 is 9.88 Å². The maximum absolute atomic E-state index is 12.5. The molecule has 0 bridgehead atoms. The number of aromatic nitrogens is 3. The van der Waals surface area contributed by atoms with Crippen molar-refractivity contribution < 1.29 is 9.59 Å². The predicted molar refractivity (Wildman–Crippen MR) is 134 cm³/mol. The highest BCUT2D eigenvalue weighted by molar-refractivity contribution is 8.00. The standard InChI is InChI=1S/C24H25N5O2S2/c1-15-8-9-18(12-16(15)2)23(31)25-10-11-29-13-21(19-6-4-5-7-20(19)29)32-14-22(30)26-24-28-27-17(3)33-24/h4-9,12-13H,10-11,14H2,1-3H3,(H,25,31)(H,26,28,30). The van der Waals surface area contributed by atoms with Crippen molar-refractivity contribution in [1.29, 1.82) is 0 Å². The number of nitrogens with one attached hydrogen (secondary N) is 2. The van der Waals surface area contributed by atoms with E-state index in [0.29, 0.717) is 23.8 Å². The van der Waals surface area contributed by atoms with Gasteiger partial charge in [-0.15, -0.1) is 22.0 Å². The molecule has 0 saturated carbocycles. The van der Waals surface area contributed by atoms with Crippen LogP contribution in [0.15, 0.2) is 53.6 Å². The third-order valence-electron chi connectivity index (χ3n) is 5.29. The number of anilines is 1. The van der Waals surface area contributed by atoms with E-state index < -0.39 is 0 Å². The first-order chi connectivity index (χ1) is 15.9. The number of aryl methyl sites for hydroxylation is 3. The molecule has 0 fully saturated rings. The maximum Gasteiger partial charge on any atom is 0.251 e. The first-order valence-corrected chi connectivity index (χ1v) is 12.4. The average Bonchev–Trinajstić information content (AvgIpc) is 3.37. The van der Waals surface area contributed by atoms with Crippen molar-refractivity contribution in [3.8, 4) is 0 Å². The van der Waals surface area contributed by atoms with E-state index in [-0.39, 0.29) is 17.6 Å². The fraction of sp³-hybridized carbons (Fsp3) is 0.250. The van der Waals surface area contributed by atoms with Crippen LogP contribution in [0.25, 0.3) is 10.9 Å². The Labute approximate surface area is 200 Å². The Balaban J connectivity index is 1.38. The van der Waals surface area contributed by atoms with Gasteiger partial charge in [0.2, 0.25) is 11.0 Å². The summed E-state index contributed by atoms with van der Waals surface area (Å²) in [5, 5.41) is 16.1. The number of nitrogens with zero attached hydrogens (tertiary/aromatic N) is 3. The molecule has 2 N–H and O–H groups in total. The molecule has 7 nitrogen and oxygen atoms in total. The third kappa shape index (κ3) is 5.61. The predicted octanol–water partition coefficient (Wildman–Crippen LogP) is 4.58. The molecular formula is C24H25N5O2S2. The number of rotatable bonds is 8. The van der Waals surface area contributed by atoms with Crippen molar-refractivity contribution in [3.63, 3.8) is 0 Å². The number of para-hydroxylation sites is 1. The summed E-state index contributed by atoms with van der Waals surface area (Å²) in [5.74, 6) is 0.0808. The minimum absolute atomic E-state index is 0.0762. The summed E-state index contributed by atoms with van der Waals surface area (Å²) in [6.45, 7) is 7.03. The molecule has 0 unspecified atom stereocenters. The topological polar surface area (TPSA) is 88.9 Å². The lowest BCUT2D eigenvalue weighted by molar-refractivity contribution is -0.113. The molecule has 170 valence electrons. The summed E-state index contributed by atoms with van der Waals surface area (Å²) in [7, 11) is 0. The van der Waals surface area contributed by atoms with Crippen LogP contribution in [-0.2, 0) is 11.3 Å². The van der Waals surface area contributed by atoms with Crippen LogP contribution < -0.4 is 10.6 Å². The number of fused-ring (bicyclic) bond motifs is 1. The quantitative estimate of drug-likeness (QED) is 0.361. The zero-order valence-electron chi connectivity index (χ0n) is 18.7. The lowest BCUT2D eigenvalue weighted by Gasteiger charge is -2.09. The van der Waals surface area contributed by atoms with Crippen LogP contribution >= 0.6 is 23.1 Å². The van der Waals surface area contributed by atoms with Gasteiger partial charge in [-0.2, -0.15) is 0 Å². The van der Waals surface area contributed by atoms with E-state index in [1.807, 2.05) is 63.4 Å². The van der Waals surface area contributed by atoms with E-state index in [1.165, 1.54) is 28.7 Å². The van der Waals surface area contributed by atoms with Crippen molar-refractivity contribution in [2.45, 2.75) is 32.2 Å². The SMILES string of the molecule is Cc1nnc(NC(=O)CSc2cn(CCNC(=O)c3ccc(C)c(C)c3)c3ccccc23)s1. The largest absolute Gasteiger partial charge is 0.350 e. The number of carbonyl (C=O) groups excluding carboxylic acids is 2. The number of hydrogen-bond donors (Lipinski definition) is 2. The summed E-state index contributed by atoms with van der Waals surface area (Å²) in [4.78, 5) is 25.9. The van der Waals surface area contributed by atoms with Gasteiger partial charge in [-0.25, -0.2) is 0 Å². The van der Waals surface area contributed by atoms with Gasteiger partial charge in [0.1, 0.15) is 5.01 Å². The second-order valence-corrected chi connectivity index (χ2v) is 9.92. The highest BCUT2D eigenvalue weighted by atomic mass is 32.2. The van der Waals surface area contributed by atoms with Gasteiger partial charge in [0.25, 0.3) is 5.91 Å². The summed E-state index contributed by atoms with van der Waals surface area (Å²) < 4.78 is 2.12. The van der Waals surface area contributed by atoms with E-state index >= 15 is 0 Å². The number of hydrogen-bond acceptors (Lipinski definition) is 6. The number of benzene rings is 2. The summed E-state index contributed by atoms with van der Waals surface area (Å²) in [6.07, 6.45) is 2.04. The van der Waals surface area contributed by atoms with Crippen molar-refractivity contribution >= 4 is 50.9 Å². The van der Waals surface area contributed by atoms with E-state index in [0.717, 1.165) is 26.4 Å². The molecule has 0 saturated heterocycles. The van der Waals surface area contributed by atoms with Crippen LogP contribution in [0.3, 0.4) is 0 Å². The molecule has 0 aliphatic rings. The molecule has 0 aliphatic carbocycles. The van der Waals surface area contributed by atoms with Crippen LogP contribution in [0.5, 0.6) is 0 Å². The normalized spacial score (nSPS) is 11.0. The van der Waals surface area contributed by atoms with Crippen LogP contribution in [-0.4, -0.2) is 38.9 Å². The molecule has 4 rings (SSSR count). The Kier molecular flexibility index (Phi) is 7.10. The average molecular weight is 480 g/mol. The fourth-order valence-corrected chi connectivity index (χ4v) is 4.93. The van der Waals surface area contributed by atoms with Crippen molar-refractivity contribution in [1.82, 2.24) is 20.1 Å². The van der Waals surface area contributed by atoms with Crippen molar-refractivity contribution in [2.75, 3.05) is 17.6 Å². The maximum atomic E-state index is 12.5. The number of carbonyl (C=O) groups is 2. The van der Waals surface area contributed by atoms with Crippen molar-refractivity contribution in [2.24, 2.45) is 0 Å². The molecular weight excluding hydrogens is 454 g/mol. The second-order valence-electron chi connectivity index (χ2n) is 7.72. The molecule has 0 atom stereocenters. The molecule has 2 amide bonds. The Morgan fingerprint density at radius 2 is 1.88 bits per heavy atom. The van der Waals surface area contributed by atoms with Crippen molar-refractivity contribution in [3.05, 3.63) is 70.4 Å². The molecule has 2 aromatic carbocycles. The summed E-state index contributed by atoms with van der Waals surface area (Å²) >= 11 is 2.83. The highest BCUT2D eigenvalue weighted by Gasteiger charge is 2.13. The number of amides is 2. The molecule has 9 heteroatoms.